The van der Waals surface area contributed by atoms with Gasteiger partial charge >= 0.3 is 11.9 Å². The fourth-order valence-corrected chi connectivity index (χ4v) is 2.84. The van der Waals surface area contributed by atoms with Crippen molar-refractivity contribution in [2.45, 2.75) is 12.2 Å². The fourth-order valence-electron chi connectivity index (χ4n) is 2.84. The van der Waals surface area contributed by atoms with Crippen molar-refractivity contribution in [2.24, 2.45) is 11.8 Å². The molecule has 1 aromatic carbocycles. The summed E-state index contributed by atoms with van der Waals surface area (Å²) in [4.78, 5) is 34.4. The molecular weight excluding hydrogens is 290 g/mol. The number of rotatable bonds is 4. The lowest BCUT2D eigenvalue weighted by Crippen LogP contribution is -2.39. The monoisotopic (exact) mass is 303 g/mol. The van der Waals surface area contributed by atoms with Crippen LogP contribution in [0.3, 0.4) is 0 Å². The van der Waals surface area contributed by atoms with Crippen LogP contribution >= 0.6 is 0 Å². The number of anilines is 1. The highest BCUT2D eigenvalue weighted by molar-refractivity contribution is 5.97. The number of aliphatic carboxylic acids is 1. The molecule has 0 aliphatic carbocycles. The van der Waals surface area contributed by atoms with Crippen LogP contribution in [-0.4, -0.2) is 40.3 Å². The summed E-state index contributed by atoms with van der Waals surface area (Å²) in [5.74, 6) is -4.29. The minimum atomic E-state index is -1.07. The van der Waals surface area contributed by atoms with Gasteiger partial charge in [0.15, 0.2) is 0 Å². The largest absolute Gasteiger partial charge is 0.481 e. The van der Waals surface area contributed by atoms with Crippen molar-refractivity contribution in [3.05, 3.63) is 42.0 Å². The first-order valence-corrected chi connectivity index (χ1v) is 6.68. The Morgan fingerprint density at radius 2 is 1.55 bits per heavy atom. The van der Waals surface area contributed by atoms with Crippen molar-refractivity contribution in [3.63, 3.8) is 0 Å². The number of fused-ring (bicyclic) bond motifs is 2. The third kappa shape index (κ3) is 2.35. The van der Waals surface area contributed by atoms with E-state index in [4.69, 9.17) is 9.84 Å². The molecule has 1 aromatic rings. The van der Waals surface area contributed by atoms with Crippen LogP contribution in [0, 0.1) is 11.8 Å². The van der Waals surface area contributed by atoms with Gasteiger partial charge in [-0.3, -0.25) is 9.59 Å². The maximum atomic E-state index is 12.3. The van der Waals surface area contributed by atoms with Crippen LogP contribution in [0.5, 0.6) is 0 Å². The van der Waals surface area contributed by atoms with Crippen molar-refractivity contribution in [1.82, 2.24) is 0 Å². The van der Waals surface area contributed by atoms with Crippen LogP contribution in [0.2, 0.25) is 0 Å². The molecule has 0 saturated carbocycles. The van der Waals surface area contributed by atoms with E-state index in [1.807, 2.05) is 0 Å². The van der Waals surface area contributed by atoms with E-state index in [9.17, 15) is 19.5 Å². The molecule has 7 nitrogen and oxygen atoms in total. The third-order valence-electron chi connectivity index (χ3n) is 3.89. The summed E-state index contributed by atoms with van der Waals surface area (Å²) in [5.41, 5.74) is 0.512. The third-order valence-corrected chi connectivity index (χ3v) is 3.89. The molecule has 0 radical (unpaired) electrons. The van der Waals surface area contributed by atoms with E-state index in [-0.39, 0.29) is 5.56 Å². The van der Waals surface area contributed by atoms with Gasteiger partial charge in [0.25, 0.3) is 0 Å². The molecule has 0 unspecified atom stereocenters. The molecular formula is C15H13NO6. The normalized spacial score (nSPS) is 28.5. The topological polar surface area (TPSA) is 113 Å². The van der Waals surface area contributed by atoms with Crippen molar-refractivity contribution in [3.8, 4) is 0 Å². The maximum Gasteiger partial charge on any atom is 0.335 e. The Bertz CT molecular complexity index is 665. The van der Waals surface area contributed by atoms with Gasteiger partial charge in [0.2, 0.25) is 5.91 Å². The van der Waals surface area contributed by atoms with Crippen LogP contribution < -0.4 is 5.32 Å². The summed E-state index contributed by atoms with van der Waals surface area (Å²) >= 11 is 0. The molecule has 2 aliphatic rings. The lowest BCUT2D eigenvalue weighted by molar-refractivity contribution is -0.145. The number of nitrogens with one attached hydrogen (secondary N) is 1. The summed E-state index contributed by atoms with van der Waals surface area (Å²) in [5, 5.41) is 20.7. The molecule has 2 heterocycles. The van der Waals surface area contributed by atoms with E-state index >= 15 is 0 Å². The molecule has 7 heteroatoms. The predicted octanol–water partition coefficient (Wildman–Crippen LogP) is 0.977. The lowest BCUT2D eigenvalue weighted by atomic mass is 9.82. The lowest BCUT2D eigenvalue weighted by Gasteiger charge is -2.21. The van der Waals surface area contributed by atoms with Crippen molar-refractivity contribution in [2.75, 3.05) is 5.32 Å². The van der Waals surface area contributed by atoms with Gasteiger partial charge in [-0.2, -0.15) is 0 Å². The van der Waals surface area contributed by atoms with Gasteiger partial charge in [0.05, 0.1) is 23.7 Å². The van der Waals surface area contributed by atoms with Crippen LogP contribution in [0.1, 0.15) is 10.4 Å². The number of aromatic carboxylic acids is 1. The van der Waals surface area contributed by atoms with Gasteiger partial charge in [0, 0.05) is 5.69 Å². The van der Waals surface area contributed by atoms with Crippen molar-refractivity contribution < 1.29 is 29.3 Å². The molecule has 1 fully saturated rings. The molecule has 3 N–H and O–H groups in total. The number of carboxylic acid groups (broad SMARTS) is 2. The van der Waals surface area contributed by atoms with E-state index in [0.29, 0.717) is 5.69 Å². The van der Waals surface area contributed by atoms with Gasteiger partial charge in [0.1, 0.15) is 5.92 Å². The Kier molecular flexibility index (Phi) is 3.42. The number of carbonyl (C=O) groups is 3. The summed E-state index contributed by atoms with van der Waals surface area (Å²) in [6.45, 7) is 0. The smallest absolute Gasteiger partial charge is 0.335 e. The first-order valence-electron chi connectivity index (χ1n) is 6.68. The first-order chi connectivity index (χ1) is 10.5. The predicted molar refractivity (Wildman–Crippen MR) is 74.4 cm³/mol. The number of amides is 1. The van der Waals surface area contributed by atoms with Crippen LogP contribution in [0.4, 0.5) is 5.69 Å². The molecule has 3 rings (SSSR count). The first kappa shape index (κ1) is 14.3. The Morgan fingerprint density at radius 1 is 0.955 bits per heavy atom. The van der Waals surface area contributed by atoms with Crippen LogP contribution in [-0.2, 0) is 14.3 Å². The zero-order valence-electron chi connectivity index (χ0n) is 11.3. The van der Waals surface area contributed by atoms with Gasteiger partial charge in [-0.05, 0) is 24.3 Å². The summed E-state index contributed by atoms with van der Waals surface area (Å²) in [7, 11) is 0. The number of hydrogen-bond acceptors (Lipinski definition) is 4. The second-order valence-corrected chi connectivity index (χ2v) is 5.21. The second-order valence-electron chi connectivity index (χ2n) is 5.21. The van der Waals surface area contributed by atoms with E-state index in [1.165, 1.54) is 24.3 Å². The second kappa shape index (κ2) is 5.27. The molecule has 1 amide bonds. The van der Waals surface area contributed by atoms with Gasteiger partial charge in [-0.1, -0.05) is 12.2 Å². The average molecular weight is 303 g/mol. The Hall–Kier alpha value is -2.67. The van der Waals surface area contributed by atoms with E-state index < -0.39 is 41.9 Å². The number of ether oxygens (including phenoxy) is 1. The minimum absolute atomic E-state index is 0.104. The standard InChI is InChI=1S/C15H13NO6/c17-13(16-8-3-1-7(2-4-8)14(18)19)11-9-5-6-10(22-9)12(11)15(20)21/h1-6,9-12H,(H,16,17)(H,18,19)(H,20,21)/t9-,10-,11-,12-/m1/s1. The average Bonchev–Trinajstić information content (AvgIpc) is 3.08. The summed E-state index contributed by atoms with van der Waals surface area (Å²) < 4.78 is 5.44. The quantitative estimate of drug-likeness (QED) is 0.715. The molecule has 2 bridgehead atoms. The van der Waals surface area contributed by atoms with Crippen LogP contribution in [0.15, 0.2) is 36.4 Å². The zero-order chi connectivity index (χ0) is 15.9. The molecule has 2 aliphatic heterocycles. The molecule has 22 heavy (non-hydrogen) atoms. The van der Waals surface area contributed by atoms with Crippen molar-refractivity contribution in [1.29, 1.82) is 0 Å². The minimum Gasteiger partial charge on any atom is -0.481 e. The Balaban J connectivity index is 1.75. The highest BCUT2D eigenvalue weighted by atomic mass is 16.5. The zero-order valence-corrected chi connectivity index (χ0v) is 11.3. The van der Waals surface area contributed by atoms with Crippen molar-refractivity contribution >= 4 is 23.5 Å². The van der Waals surface area contributed by atoms with Gasteiger partial charge in [-0.15, -0.1) is 0 Å². The molecule has 0 aromatic heterocycles. The number of carboxylic acids is 2. The number of benzene rings is 1. The highest BCUT2D eigenvalue weighted by Gasteiger charge is 2.53. The Labute approximate surface area is 125 Å². The van der Waals surface area contributed by atoms with E-state index in [0.717, 1.165) is 0 Å². The summed E-state index contributed by atoms with van der Waals surface area (Å²) in [6, 6.07) is 5.65. The van der Waals surface area contributed by atoms with Gasteiger partial charge < -0.3 is 20.3 Å². The highest BCUT2D eigenvalue weighted by Crippen LogP contribution is 2.39. The fraction of sp³-hybridized carbons (Fsp3) is 0.267. The summed E-state index contributed by atoms with van der Waals surface area (Å²) in [6.07, 6.45) is 2.24. The molecule has 1 saturated heterocycles. The SMILES string of the molecule is O=C(O)c1ccc(NC(=O)[C@H]2[C@H](C(=O)O)[C@H]3C=C[C@H]2O3)cc1. The molecule has 0 spiro atoms. The van der Waals surface area contributed by atoms with Crippen LogP contribution in [0.25, 0.3) is 0 Å². The number of carbonyl (C=O) groups excluding carboxylic acids is 1. The molecule has 114 valence electrons. The Morgan fingerprint density at radius 3 is 2.09 bits per heavy atom. The molecule has 4 atom stereocenters. The van der Waals surface area contributed by atoms with E-state index in [2.05, 4.69) is 5.32 Å². The maximum absolute atomic E-state index is 12.3. The van der Waals surface area contributed by atoms with Gasteiger partial charge in [-0.25, -0.2) is 4.79 Å². The van der Waals surface area contributed by atoms with E-state index in [1.54, 1.807) is 12.2 Å². The number of hydrogen-bond donors (Lipinski definition) is 3.